The first-order chi connectivity index (χ1) is 9.65. The lowest BCUT2D eigenvalue weighted by Gasteiger charge is -2.30. The Hall–Kier alpha value is -1.62. The first kappa shape index (κ1) is 14.8. The van der Waals surface area contributed by atoms with E-state index in [1.54, 1.807) is 13.2 Å². The number of anilines is 1. The van der Waals surface area contributed by atoms with Gasteiger partial charge in [-0.05, 0) is 32.3 Å². The number of aromatic nitrogens is 1. The molecule has 20 heavy (non-hydrogen) atoms. The van der Waals surface area contributed by atoms with Crippen LogP contribution in [-0.2, 0) is 9.53 Å². The molecule has 0 unspecified atom stereocenters. The van der Waals surface area contributed by atoms with Crippen molar-refractivity contribution in [3.63, 3.8) is 0 Å². The number of rotatable bonds is 4. The molecule has 5 heteroatoms. The first-order valence-corrected chi connectivity index (χ1v) is 7.09. The normalized spacial score (nSPS) is 22.4. The van der Waals surface area contributed by atoms with Crippen LogP contribution in [0.3, 0.4) is 0 Å². The predicted molar refractivity (Wildman–Crippen MR) is 76.9 cm³/mol. The quantitative estimate of drug-likeness (QED) is 0.919. The number of carbonyl (C=O) groups excluding carboxylic acids is 1. The summed E-state index contributed by atoms with van der Waals surface area (Å²) in [5.74, 6) is 0.495. The van der Waals surface area contributed by atoms with Gasteiger partial charge in [0.15, 0.2) is 0 Å². The maximum absolute atomic E-state index is 12.4. The van der Waals surface area contributed by atoms with Gasteiger partial charge < -0.3 is 14.8 Å². The van der Waals surface area contributed by atoms with E-state index in [9.17, 15) is 4.79 Å². The molecule has 0 saturated carbocycles. The zero-order chi connectivity index (χ0) is 14.5. The molecule has 1 amide bonds. The standard InChI is InChI=1S/C15H22N2O3/c1-4-13-11(6-5-9-20-13)15(18)17-12-7-8-14(19-3)16-10(12)2/h7-8,11,13H,4-6,9H2,1-3H3,(H,17,18)/t11-,13+/m1/s1. The average molecular weight is 278 g/mol. The number of hydrogen-bond donors (Lipinski definition) is 1. The van der Waals surface area contributed by atoms with Crippen molar-refractivity contribution in [1.29, 1.82) is 0 Å². The van der Waals surface area contributed by atoms with Crippen LogP contribution < -0.4 is 10.1 Å². The molecule has 1 fully saturated rings. The molecule has 0 spiro atoms. The molecular formula is C15H22N2O3. The Morgan fingerprint density at radius 1 is 1.55 bits per heavy atom. The van der Waals surface area contributed by atoms with E-state index in [1.165, 1.54) is 0 Å². The highest BCUT2D eigenvalue weighted by atomic mass is 16.5. The number of nitrogens with one attached hydrogen (secondary N) is 1. The summed E-state index contributed by atoms with van der Waals surface area (Å²) in [6.07, 6.45) is 2.70. The highest BCUT2D eigenvalue weighted by Gasteiger charge is 2.30. The lowest BCUT2D eigenvalue weighted by molar-refractivity contribution is -0.129. The van der Waals surface area contributed by atoms with Gasteiger partial charge in [-0.3, -0.25) is 4.79 Å². The Morgan fingerprint density at radius 3 is 3.00 bits per heavy atom. The Morgan fingerprint density at radius 2 is 2.35 bits per heavy atom. The van der Waals surface area contributed by atoms with Crippen LogP contribution in [-0.4, -0.2) is 30.7 Å². The van der Waals surface area contributed by atoms with Crippen molar-refractivity contribution in [2.45, 2.75) is 39.2 Å². The minimum atomic E-state index is -0.0738. The van der Waals surface area contributed by atoms with Crippen LogP contribution >= 0.6 is 0 Å². The summed E-state index contributed by atoms with van der Waals surface area (Å²) in [5.41, 5.74) is 1.48. The fourth-order valence-corrected chi connectivity index (χ4v) is 2.55. The van der Waals surface area contributed by atoms with Crippen molar-refractivity contribution < 1.29 is 14.3 Å². The van der Waals surface area contributed by atoms with E-state index in [2.05, 4.69) is 17.2 Å². The van der Waals surface area contributed by atoms with Crippen molar-refractivity contribution in [1.82, 2.24) is 4.98 Å². The molecule has 2 atom stereocenters. The van der Waals surface area contributed by atoms with Gasteiger partial charge in [0, 0.05) is 12.7 Å². The lowest BCUT2D eigenvalue weighted by Crippen LogP contribution is -2.38. The second kappa shape index (κ2) is 6.70. The number of ether oxygens (including phenoxy) is 2. The topological polar surface area (TPSA) is 60.5 Å². The van der Waals surface area contributed by atoms with Crippen LogP contribution in [0.5, 0.6) is 5.88 Å². The summed E-state index contributed by atoms with van der Waals surface area (Å²) >= 11 is 0. The summed E-state index contributed by atoms with van der Waals surface area (Å²) in [6, 6.07) is 3.57. The Bertz CT molecular complexity index is 476. The SMILES string of the molecule is CC[C@@H]1OCCC[C@H]1C(=O)Nc1ccc(OC)nc1C. The van der Waals surface area contributed by atoms with Crippen LogP contribution in [0.4, 0.5) is 5.69 Å². The third kappa shape index (κ3) is 3.28. The fraction of sp³-hybridized carbons (Fsp3) is 0.600. The highest BCUT2D eigenvalue weighted by Crippen LogP contribution is 2.25. The largest absolute Gasteiger partial charge is 0.481 e. The number of aryl methyl sites for hydroxylation is 1. The number of methoxy groups -OCH3 is 1. The van der Waals surface area contributed by atoms with Gasteiger partial charge in [-0.1, -0.05) is 6.92 Å². The average Bonchev–Trinajstić information content (AvgIpc) is 2.49. The van der Waals surface area contributed by atoms with Crippen LogP contribution in [0.25, 0.3) is 0 Å². The molecule has 0 bridgehead atoms. The second-order valence-corrected chi connectivity index (χ2v) is 5.04. The predicted octanol–water partition coefficient (Wildman–Crippen LogP) is 2.54. The summed E-state index contributed by atoms with van der Waals surface area (Å²) in [5, 5.41) is 2.96. The van der Waals surface area contributed by atoms with Crippen molar-refractivity contribution in [2.75, 3.05) is 19.0 Å². The molecule has 1 aliphatic heterocycles. The molecule has 1 saturated heterocycles. The maximum atomic E-state index is 12.4. The van der Waals surface area contributed by atoms with Crippen LogP contribution in [0.15, 0.2) is 12.1 Å². The van der Waals surface area contributed by atoms with Crippen molar-refractivity contribution in [3.05, 3.63) is 17.8 Å². The van der Waals surface area contributed by atoms with E-state index in [-0.39, 0.29) is 17.9 Å². The third-order valence-electron chi connectivity index (χ3n) is 3.71. The van der Waals surface area contributed by atoms with Gasteiger partial charge in [-0.25, -0.2) is 4.98 Å². The fourth-order valence-electron chi connectivity index (χ4n) is 2.55. The molecule has 5 nitrogen and oxygen atoms in total. The van der Waals surface area contributed by atoms with Gasteiger partial charge in [0.05, 0.1) is 30.5 Å². The van der Waals surface area contributed by atoms with E-state index >= 15 is 0 Å². The number of pyridine rings is 1. The maximum Gasteiger partial charge on any atom is 0.230 e. The smallest absolute Gasteiger partial charge is 0.230 e. The monoisotopic (exact) mass is 278 g/mol. The van der Waals surface area contributed by atoms with Gasteiger partial charge in [-0.15, -0.1) is 0 Å². The molecule has 110 valence electrons. The van der Waals surface area contributed by atoms with E-state index in [0.29, 0.717) is 5.88 Å². The van der Waals surface area contributed by atoms with Crippen LogP contribution in [0, 0.1) is 12.8 Å². The number of hydrogen-bond acceptors (Lipinski definition) is 4. The van der Waals surface area contributed by atoms with Crippen LogP contribution in [0.2, 0.25) is 0 Å². The summed E-state index contributed by atoms with van der Waals surface area (Å²) in [4.78, 5) is 16.7. The molecule has 1 aromatic rings. The molecular weight excluding hydrogens is 256 g/mol. The highest BCUT2D eigenvalue weighted by molar-refractivity contribution is 5.93. The van der Waals surface area contributed by atoms with Gasteiger partial charge in [0.1, 0.15) is 0 Å². The van der Waals surface area contributed by atoms with Crippen molar-refractivity contribution >= 4 is 11.6 Å². The molecule has 0 radical (unpaired) electrons. The number of carbonyl (C=O) groups is 1. The van der Waals surface area contributed by atoms with E-state index in [0.717, 1.165) is 37.3 Å². The van der Waals surface area contributed by atoms with Crippen molar-refractivity contribution in [2.24, 2.45) is 5.92 Å². The molecule has 2 rings (SSSR count). The molecule has 1 aromatic heterocycles. The van der Waals surface area contributed by atoms with E-state index in [1.807, 2.05) is 13.0 Å². The summed E-state index contributed by atoms with van der Waals surface area (Å²) in [6.45, 7) is 4.66. The van der Waals surface area contributed by atoms with Gasteiger partial charge in [0.25, 0.3) is 0 Å². The van der Waals surface area contributed by atoms with Gasteiger partial charge in [0.2, 0.25) is 11.8 Å². The second-order valence-electron chi connectivity index (χ2n) is 5.04. The molecule has 0 aliphatic carbocycles. The van der Waals surface area contributed by atoms with Gasteiger partial charge in [-0.2, -0.15) is 0 Å². The molecule has 2 heterocycles. The molecule has 0 aromatic carbocycles. The number of nitrogens with zero attached hydrogens (tertiary/aromatic N) is 1. The third-order valence-corrected chi connectivity index (χ3v) is 3.71. The minimum Gasteiger partial charge on any atom is -0.481 e. The van der Waals surface area contributed by atoms with E-state index in [4.69, 9.17) is 9.47 Å². The summed E-state index contributed by atoms with van der Waals surface area (Å²) < 4.78 is 10.7. The molecule has 1 aliphatic rings. The Balaban J connectivity index is 2.07. The van der Waals surface area contributed by atoms with E-state index < -0.39 is 0 Å². The first-order valence-electron chi connectivity index (χ1n) is 7.09. The number of amides is 1. The Labute approximate surface area is 119 Å². The zero-order valence-electron chi connectivity index (χ0n) is 12.3. The lowest BCUT2D eigenvalue weighted by atomic mass is 9.91. The van der Waals surface area contributed by atoms with Crippen LogP contribution in [0.1, 0.15) is 31.9 Å². The summed E-state index contributed by atoms with van der Waals surface area (Å²) in [7, 11) is 1.57. The zero-order valence-corrected chi connectivity index (χ0v) is 12.3. The van der Waals surface area contributed by atoms with Crippen molar-refractivity contribution in [3.8, 4) is 5.88 Å². The Kier molecular flexibility index (Phi) is 4.95. The van der Waals surface area contributed by atoms with Gasteiger partial charge >= 0.3 is 0 Å². The minimum absolute atomic E-state index is 0.0200. The molecule has 1 N–H and O–H groups in total.